The predicted molar refractivity (Wildman–Crippen MR) is 78.9 cm³/mol. The molecule has 18 heavy (non-hydrogen) atoms. The van der Waals surface area contributed by atoms with Crippen molar-refractivity contribution in [1.82, 2.24) is 0 Å². The summed E-state index contributed by atoms with van der Waals surface area (Å²) in [6.07, 6.45) is 1.21. The van der Waals surface area contributed by atoms with E-state index in [9.17, 15) is 8.42 Å². The van der Waals surface area contributed by atoms with Crippen LogP contribution in [0.5, 0.6) is 0 Å². The maximum Gasteiger partial charge on any atom is 0.175 e. The van der Waals surface area contributed by atoms with Gasteiger partial charge in [-0.1, -0.05) is 0 Å². The number of sulfone groups is 1. The molecule has 0 spiro atoms. The summed E-state index contributed by atoms with van der Waals surface area (Å²) in [6.45, 7) is 0.731. The van der Waals surface area contributed by atoms with Crippen LogP contribution in [-0.2, 0) is 16.4 Å². The molecule has 1 heterocycles. The second-order valence-electron chi connectivity index (χ2n) is 3.86. The van der Waals surface area contributed by atoms with Crippen molar-refractivity contribution in [1.29, 1.82) is 0 Å². The minimum absolute atomic E-state index is 0.340. The Bertz CT molecular complexity index is 632. The lowest BCUT2D eigenvalue weighted by Gasteiger charge is -2.05. The van der Waals surface area contributed by atoms with Gasteiger partial charge >= 0.3 is 0 Å². The molecular weight excluding hydrogens is 334 g/mol. The van der Waals surface area contributed by atoms with Gasteiger partial charge in [0, 0.05) is 23.4 Å². The molecule has 0 saturated heterocycles. The topological polar surface area (TPSA) is 46.2 Å². The molecule has 1 aromatic carbocycles. The summed E-state index contributed by atoms with van der Waals surface area (Å²) in [5.74, 6) is 0. The third kappa shape index (κ3) is 3.57. The molecule has 0 bridgehead atoms. The summed E-state index contributed by atoms with van der Waals surface area (Å²) in [5.41, 5.74) is 0.909. The number of thiophene rings is 1. The number of anilines is 1. The van der Waals surface area contributed by atoms with Crippen LogP contribution in [0.2, 0.25) is 0 Å². The van der Waals surface area contributed by atoms with E-state index in [1.54, 1.807) is 35.6 Å². The van der Waals surface area contributed by atoms with Crippen molar-refractivity contribution >= 4 is 42.8 Å². The number of hydrogen-bond acceptors (Lipinski definition) is 4. The van der Waals surface area contributed by atoms with Gasteiger partial charge in [0.2, 0.25) is 0 Å². The van der Waals surface area contributed by atoms with Crippen LogP contribution in [0.1, 0.15) is 4.88 Å². The third-order valence-electron chi connectivity index (χ3n) is 2.38. The van der Waals surface area contributed by atoms with Crippen LogP contribution in [-0.4, -0.2) is 14.7 Å². The Kier molecular flexibility index (Phi) is 4.09. The van der Waals surface area contributed by atoms with Crippen LogP contribution in [0, 0.1) is 0 Å². The van der Waals surface area contributed by atoms with Crippen LogP contribution >= 0.6 is 27.3 Å². The van der Waals surface area contributed by atoms with Crippen molar-refractivity contribution in [2.45, 2.75) is 11.4 Å². The van der Waals surface area contributed by atoms with Gasteiger partial charge in [0.1, 0.15) is 0 Å². The number of nitrogens with one attached hydrogen (secondary N) is 1. The fourth-order valence-electron chi connectivity index (χ4n) is 1.46. The van der Waals surface area contributed by atoms with E-state index in [0.717, 1.165) is 16.0 Å². The number of hydrogen-bond donors (Lipinski definition) is 1. The maximum atomic E-state index is 11.3. The number of rotatable bonds is 4. The molecule has 1 aromatic heterocycles. The first-order chi connectivity index (χ1) is 8.45. The molecule has 0 aliphatic heterocycles. The lowest BCUT2D eigenvalue weighted by molar-refractivity contribution is 0.602. The smallest absolute Gasteiger partial charge is 0.175 e. The summed E-state index contributed by atoms with van der Waals surface area (Å²) in [5, 5.41) is 3.25. The summed E-state index contributed by atoms with van der Waals surface area (Å²) >= 11 is 5.09. The van der Waals surface area contributed by atoms with E-state index in [-0.39, 0.29) is 0 Å². The molecule has 2 aromatic rings. The standard InChI is InChI=1S/C12H12BrNO2S2/c1-18(15,16)11-5-2-9(3-6-11)14-8-10-4-7-12(13)17-10/h2-7,14H,8H2,1H3. The Labute approximate surface area is 119 Å². The molecule has 2 rings (SSSR count). The van der Waals surface area contributed by atoms with Crippen LogP contribution in [0.4, 0.5) is 5.69 Å². The SMILES string of the molecule is CS(=O)(=O)c1ccc(NCc2ccc(Br)s2)cc1. The van der Waals surface area contributed by atoms with Gasteiger partial charge in [0.15, 0.2) is 9.84 Å². The molecule has 0 saturated carbocycles. The van der Waals surface area contributed by atoms with Crippen LogP contribution in [0.3, 0.4) is 0 Å². The van der Waals surface area contributed by atoms with Crippen molar-refractivity contribution in [2.24, 2.45) is 0 Å². The minimum Gasteiger partial charge on any atom is -0.380 e. The van der Waals surface area contributed by atoms with Crippen molar-refractivity contribution in [3.63, 3.8) is 0 Å². The minimum atomic E-state index is -3.12. The van der Waals surface area contributed by atoms with Gasteiger partial charge in [-0.05, 0) is 52.3 Å². The molecular formula is C12H12BrNO2S2. The van der Waals surface area contributed by atoms with Gasteiger partial charge in [-0.15, -0.1) is 11.3 Å². The lowest BCUT2D eigenvalue weighted by atomic mass is 10.3. The van der Waals surface area contributed by atoms with Crippen molar-refractivity contribution in [2.75, 3.05) is 11.6 Å². The number of benzene rings is 1. The zero-order chi connectivity index (χ0) is 13.2. The molecule has 0 amide bonds. The van der Waals surface area contributed by atoms with E-state index in [2.05, 4.69) is 21.2 Å². The Morgan fingerprint density at radius 1 is 1.17 bits per heavy atom. The van der Waals surface area contributed by atoms with Crippen LogP contribution < -0.4 is 5.32 Å². The van der Waals surface area contributed by atoms with Crippen molar-refractivity contribution < 1.29 is 8.42 Å². The van der Waals surface area contributed by atoms with E-state index in [4.69, 9.17) is 0 Å². The Hall–Kier alpha value is -0.850. The molecule has 0 aliphatic rings. The molecule has 0 radical (unpaired) electrons. The molecule has 0 aliphatic carbocycles. The summed E-state index contributed by atoms with van der Waals surface area (Å²) in [6, 6.07) is 10.8. The average Bonchev–Trinajstić information content (AvgIpc) is 2.72. The molecule has 1 N–H and O–H groups in total. The summed E-state index contributed by atoms with van der Waals surface area (Å²) in [7, 11) is -3.12. The first-order valence-electron chi connectivity index (χ1n) is 5.23. The van der Waals surface area contributed by atoms with E-state index in [0.29, 0.717) is 4.90 Å². The highest BCUT2D eigenvalue weighted by molar-refractivity contribution is 9.11. The zero-order valence-corrected chi connectivity index (χ0v) is 12.9. The van der Waals surface area contributed by atoms with Gasteiger partial charge < -0.3 is 5.32 Å². The first-order valence-corrected chi connectivity index (χ1v) is 8.73. The molecule has 0 fully saturated rings. The maximum absolute atomic E-state index is 11.3. The van der Waals surface area contributed by atoms with Crippen LogP contribution in [0.15, 0.2) is 45.1 Å². The molecule has 0 atom stereocenters. The van der Waals surface area contributed by atoms with Gasteiger partial charge in [-0.3, -0.25) is 0 Å². The largest absolute Gasteiger partial charge is 0.380 e. The van der Waals surface area contributed by atoms with Crippen molar-refractivity contribution in [3.8, 4) is 0 Å². The molecule has 3 nitrogen and oxygen atoms in total. The molecule has 6 heteroatoms. The Morgan fingerprint density at radius 3 is 2.33 bits per heavy atom. The average molecular weight is 346 g/mol. The van der Waals surface area contributed by atoms with E-state index in [1.807, 2.05) is 12.1 Å². The van der Waals surface area contributed by atoms with E-state index >= 15 is 0 Å². The Morgan fingerprint density at radius 2 is 1.83 bits per heavy atom. The third-order valence-corrected chi connectivity index (χ3v) is 5.13. The highest BCUT2D eigenvalue weighted by atomic mass is 79.9. The molecule has 0 unspecified atom stereocenters. The highest BCUT2D eigenvalue weighted by Crippen LogP contribution is 2.23. The fraction of sp³-hybridized carbons (Fsp3) is 0.167. The van der Waals surface area contributed by atoms with Gasteiger partial charge in [-0.2, -0.15) is 0 Å². The van der Waals surface area contributed by atoms with Crippen molar-refractivity contribution in [3.05, 3.63) is 45.1 Å². The highest BCUT2D eigenvalue weighted by Gasteiger charge is 2.06. The van der Waals surface area contributed by atoms with Gasteiger partial charge in [0.05, 0.1) is 8.68 Å². The van der Waals surface area contributed by atoms with E-state index in [1.165, 1.54) is 11.1 Å². The second kappa shape index (κ2) is 5.42. The van der Waals surface area contributed by atoms with E-state index < -0.39 is 9.84 Å². The normalized spacial score (nSPS) is 11.4. The summed E-state index contributed by atoms with van der Waals surface area (Å²) < 4.78 is 23.7. The van der Waals surface area contributed by atoms with Crippen LogP contribution in [0.25, 0.3) is 0 Å². The zero-order valence-electron chi connectivity index (χ0n) is 9.68. The van der Waals surface area contributed by atoms with Gasteiger partial charge in [0.25, 0.3) is 0 Å². The predicted octanol–water partition coefficient (Wildman–Crippen LogP) is 3.53. The monoisotopic (exact) mass is 345 g/mol. The Balaban J connectivity index is 2.03. The number of halogens is 1. The lowest BCUT2D eigenvalue weighted by Crippen LogP contribution is -1.99. The fourth-order valence-corrected chi connectivity index (χ4v) is 3.51. The first kappa shape index (κ1) is 13.6. The molecule has 96 valence electrons. The summed E-state index contributed by atoms with van der Waals surface area (Å²) in [4.78, 5) is 1.56. The quantitative estimate of drug-likeness (QED) is 0.921. The second-order valence-corrected chi connectivity index (χ2v) is 8.42. The van der Waals surface area contributed by atoms with Gasteiger partial charge in [-0.25, -0.2) is 8.42 Å².